The maximum atomic E-state index is 9.60. The summed E-state index contributed by atoms with van der Waals surface area (Å²) in [6.07, 6.45) is 0. The average molecular weight is 1670 g/mol. The Kier molecular flexibility index (Phi) is 11.0. The van der Waals surface area contributed by atoms with Crippen molar-refractivity contribution >= 4 is 217 Å². The van der Waals surface area contributed by atoms with Crippen LogP contribution in [0.3, 0.4) is 0 Å². The number of benzene rings is 25. The topological polar surface area (TPSA) is 65.7 Å². The normalized spacial score (nSPS) is 14.9. The lowest BCUT2D eigenvalue weighted by Crippen LogP contribution is -1.90. The molecule has 0 saturated heterocycles. The van der Waals surface area contributed by atoms with E-state index in [0.29, 0.717) is 61.7 Å². The molecule has 0 spiro atoms. The summed E-state index contributed by atoms with van der Waals surface area (Å²) < 4.78 is 259. The Hall–Kier alpha value is -17.1. The third kappa shape index (κ3) is 10.7. The molecule has 0 radical (unpaired) electrons. The molecular formula is C124H70O5. The van der Waals surface area contributed by atoms with E-state index in [4.69, 9.17) is 37.2 Å². The molecule has 0 aliphatic rings. The highest BCUT2D eigenvalue weighted by Crippen LogP contribution is 2.52. The summed E-state index contributed by atoms with van der Waals surface area (Å²) in [5.74, 6) is 0. The van der Waals surface area contributed by atoms with Crippen molar-refractivity contribution in [2.75, 3.05) is 0 Å². The van der Waals surface area contributed by atoms with E-state index in [2.05, 4.69) is 60.7 Å². The smallest absolute Gasteiger partial charge is 0.143 e. The Morgan fingerprint density at radius 2 is 0.403 bits per heavy atom. The van der Waals surface area contributed by atoms with Crippen LogP contribution in [0.15, 0.2) is 446 Å². The van der Waals surface area contributed by atoms with Crippen LogP contribution >= 0.6 is 0 Å². The zero-order valence-electron chi connectivity index (χ0n) is 92.5. The van der Waals surface area contributed by atoms with Gasteiger partial charge in [0.2, 0.25) is 0 Å². The summed E-state index contributed by atoms with van der Waals surface area (Å²) in [5.41, 5.74) is 11.5. The Balaban J connectivity index is 0.000000112. The van der Waals surface area contributed by atoms with Crippen molar-refractivity contribution in [2.24, 2.45) is 0 Å². The highest BCUT2D eigenvalue weighted by Gasteiger charge is 2.26. The molecule has 5 aromatic heterocycles. The minimum absolute atomic E-state index is 0.0125. The molecule has 596 valence electrons. The van der Waals surface area contributed by atoms with Gasteiger partial charge in [0.15, 0.2) is 0 Å². The first kappa shape index (κ1) is 51.2. The molecule has 0 aliphatic heterocycles. The quantitative estimate of drug-likeness (QED) is 0.149. The van der Waals surface area contributed by atoms with Crippen molar-refractivity contribution in [3.8, 4) is 77.9 Å². The first-order valence-corrected chi connectivity index (χ1v) is 42.2. The zero-order chi connectivity index (χ0) is 106. The molecule has 25 aromatic carbocycles. The molecule has 0 saturated carbocycles. The van der Waals surface area contributed by atoms with Crippen LogP contribution in [0.2, 0.25) is 0 Å². The van der Waals surface area contributed by atoms with Crippen LogP contribution in [0, 0.1) is 0 Å². The lowest BCUT2D eigenvalue weighted by atomic mass is 9.86. The van der Waals surface area contributed by atoms with Gasteiger partial charge in [-0.3, -0.25) is 0 Å². The van der Waals surface area contributed by atoms with Gasteiger partial charge in [-0.15, -0.1) is 0 Å². The van der Waals surface area contributed by atoms with Gasteiger partial charge in [0.25, 0.3) is 0 Å². The Morgan fingerprint density at radius 3 is 0.783 bits per heavy atom. The van der Waals surface area contributed by atoms with Gasteiger partial charge in [-0.2, -0.15) is 0 Å². The molecule has 0 N–H and O–H groups in total. The minimum atomic E-state index is -0.896. The summed E-state index contributed by atoms with van der Waals surface area (Å²) in [7, 11) is 0. The standard InChI is InChI=1S/C44H26O.2C40H22O2/c1-2-9-32-27(7-1)8-5-11-33(32)28-15-17-29(18-16-28)34-23-21-30-19-20-31-22-24-35(38-26-25-37(34)42(30)43(31)38)39-12-6-13-40-36-10-3-4-14-41(36)45-44(39)40;2*1-3-13-35-27(7-1)33-11-5-9-31(39(33)41-35)25-19-17-23-15-16-24-18-20-26(30-22-21-29(25)37(23)38(24)30)32-10-6-12-34-28-8-2-4-14-36(28)42-40(32)34/h1-26H;2*1-22H/i1D,2D,5D,7D,8D,9D,11D,15D,16D,17D,18D,19D,20D,21D,22D,23D,24D,25D,26D;17D,18D,19D,20D;17D,18D. The van der Waals surface area contributed by atoms with E-state index in [1.807, 2.05) is 182 Å². The van der Waals surface area contributed by atoms with Crippen molar-refractivity contribution < 1.29 is 56.4 Å². The maximum Gasteiger partial charge on any atom is 0.143 e. The molecule has 30 rings (SSSR count). The van der Waals surface area contributed by atoms with Gasteiger partial charge in [0.05, 0.1) is 34.3 Å². The molecule has 0 aliphatic carbocycles. The largest absolute Gasteiger partial charge is 0.455 e. The fraction of sp³-hybridized carbons (Fsp3) is 0. The molecule has 0 amide bonds. The van der Waals surface area contributed by atoms with Crippen molar-refractivity contribution in [1.82, 2.24) is 0 Å². The second-order valence-electron chi connectivity index (χ2n) is 32.4. The summed E-state index contributed by atoms with van der Waals surface area (Å²) in [6.45, 7) is 0. The predicted molar refractivity (Wildman–Crippen MR) is 542 cm³/mol. The third-order valence-electron chi connectivity index (χ3n) is 25.7. The van der Waals surface area contributed by atoms with Crippen LogP contribution in [0.5, 0.6) is 0 Å². The van der Waals surface area contributed by atoms with Crippen molar-refractivity contribution in [3.63, 3.8) is 0 Å². The monoisotopic (exact) mass is 1660 g/mol. The zero-order valence-corrected chi connectivity index (χ0v) is 67.5. The van der Waals surface area contributed by atoms with E-state index >= 15 is 0 Å². The van der Waals surface area contributed by atoms with Gasteiger partial charge in [0.1, 0.15) is 55.8 Å². The second-order valence-corrected chi connectivity index (χ2v) is 32.4. The number of hydrogen-bond donors (Lipinski definition) is 0. The fourth-order valence-corrected chi connectivity index (χ4v) is 19.9. The number of furan rings is 5. The molecule has 5 heterocycles. The number of para-hydroxylation sites is 10. The van der Waals surface area contributed by atoms with Crippen LogP contribution in [-0.2, 0) is 0 Å². The van der Waals surface area contributed by atoms with Gasteiger partial charge in [0, 0.05) is 81.7 Å². The molecule has 0 bridgehead atoms. The SMILES string of the molecule is [2H]c1c([2H])c(-c2c([2H])c([2H])c3c([2H])c([2H])c4c([2H])c([2H])c(-c5cccc6c5oc5ccccc56)c5c([2H])c([2H])c2c3c45)c([2H])c([2H])c1-c1c([2H])c([2H])c([2H])c2c([2H])c([2H])c([2H])c([2H])c12.[2H]c1c([2H])c2ccc3c([2H])c([2H])c(-c4cccc5c4oc4ccccc45)c4ccc(c1-c1cccc5c1oc1ccccc15)c2c34.[2H]c1cc(-c2cccc3c2oc2ccccc23)c2ccc3c(-c4cccc5c4oc4ccccc45)cc([2H])c4ccc1c2c43. The van der Waals surface area contributed by atoms with E-state index < -0.39 is 148 Å². The maximum absolute atomic E-state index is 9.60. The Bertz CT molecular complexity index is 11200. The first-order valence-electron chi connectivity index (χ1n) is 54.7. The molecule has 129 heavy (non-hydrogen) atoms. The van der Waals surface area contributed by atoms with Gasteiger partial charge >= 0.3 is 0 Å². The lowest BCUT2D eigenvalue weighted by Gasteiger charge is -2.17. The van der Waals surface area contributed by atoms with Crippen LogP contribution in [0.25, 0.3) is 295 Å². The van der Waals surface area contributed by atoms with E-state index in [1.54, 1.807) is 30.3 Å². The number of hydrogen-bond acceptors (Lipinski definition) is 5. The van der Waals surface area contributed by atoms with E-state index in [0.717, 1.165) is 169 Å². The summed E-state index contributed by atoms with van der Waals surface area (Å²) in [6, 6.07) is 76.3. The summed E-state index contributed by atoms with van der Waals surface area (Å²) in [4.78, 5) is 0. The average Bonchev–Trinajstić information content (AvgIpc) is 1.26. The summed E-state index contributed by atoms with van der Waals surface area (Å²) in [5, 5.41) is 17.7. The predicted octanol–water partition coefficient (Wildman–Crippen LogP) is 36.1. The van der Waals surface area contributed by atoms with Gasteiger partial charge in [-0.1, -0.05) is 394 Å². The van der Waals surface area contributed by atoms with Crippen molar-refractivity contribution in [3.05, 3.63) is 424 Å². The molecule has 0 fully saturated rings. The Morgan fingerprint density at radius 1 is 0.132 bits per heavy atom. The van der Waals surface area contributed by atoms with Crippen molar-refractivity contribution in [1.29, 1.82) is 0 Å². The molecule has 0 unspecified atom stereocenters. The van der Waals surface area contributed by atoms with E-state index in [9.17, 15) is 19.2 Å². The lowest BCUT2D eigenvalue weighted by molar-refractivity contribution is 0.669. The highest BCUT2D eigenvalue weighted by molar-refractivity contribution is 6.33. The molecule has 30 aromatic rings. The number of rotatable bonds is 7. The third-order valence-corrected chi connectivity index (χ3v) is 25.7. The highest BCUT2D eigenvalue weighted by atomic mass is 16.3. The Labute approximate surface area is 772 Å². The molecular weight excluding hydrogens is 1570 g/mol. The molecule has 5 nitrogen and oxygen atoms in total. The first-order chi connectivity index (χ1) is 74.4. The minimum Gasteiger partial charge on any atom is -0.455 e. The number of fused-ring (bicyclic) bond motifs is 16. The molecule has 0 atom stereocenters. The van der Waals surface area contributed by atoms with Crippen LogP contribution in [0.4, 0.5) is 0 Å². The van der Waals surface area contributed by atoms with Gasteiger partial charge in [-0.25, -0.2) is 0 Å². The van der Waals surface area contributed by atoms with Crippen LogP contribution in [0.1, 0.15) is 34.3 Å². The van der Waals surface area contributed by atoms with E-state index in [1.165, 1.54) is 0 Å². The van der Waals surface area contributed by atoms with Crippen molar-refractivity contribution in [2.45, 2.75) is 0 Å². The fourth-order valence-electron chi connectivity index (χ4n) is 19.9. The summed E-state index contributed by atoms with van der Waals surface area (Å²) >= 11 is 0. The van der Waals surface area contributed by atoms with Gasteiger partial charge in [-0.05, 0) is 188 Å². The van der Waals surface area contributed by atoms with E-state index in [-0.39, 0.29) is 67.6 Å². The van der Waals surface area contributed by atoms with Crippen LogP contribution in [-0.4, -0.2) is 0 Å². The van der Waals surface area contributed by atoms with Gasteiger partial charge < -0.3 is 22.1 Å². The molecule has 5 heteroatoms. The van der Waals surface area contributed by atoms with Crippen LogP contribution < -0.4 is 0 Å². The second kappa shape index (κ2) is 27.7.